The molecule has 0 radical (unpaired) electrons. The largest absolute Gasteiger partial charge is 0.474 e. The van der Waals surface area contributed by atoms with Crippen LogP contribution in [0.3, 0.4) is 0 Å². The van der Waals surface area contributed by atoms with Crippen molar-refractivity contribution in [1.82, 2.24) is 0 Å². The van der Waals surface area contributed by atoms with E-state index in [1.165, 1.54) is 51.2 Å². The molecule has 1 heteroatoms. The molecule has 0 rings (SSSR count). The molecular formula is C14H26O. The summed E-state index contributed by atoms with van der Waals surface area (Å²) in [7, 11) is 0. The lowest BCUT2D eigenvalue weighted by Crippen LogP contribution is -1.94. The predicted molar refractivity (Wildman–Crippen MR) is 67.6 cm³/mol. The van der Waals surface area contributed by atoms with Gasteiger partial charge in [-0.2, -0.15) is 0 Å². The van der Waals surface area contributed by atoms with Crippen LogP contribution in [0.1, 0.15) is 58.8 Å². The number of ether oxygens (including phenoxy) is 1. The summed E-state index contributed by atoms with van der Waals surface area (Å²) in [6.45, 7) is 7.99. The minimum Gasteiger partial charge on any atom is -0.474 e. The number of hydrogen-bond acceptors (Lipinski definition) is 1. The molecule has 0 aromatic heterocycles. The summed E-state index contributed by atoms with van der Waals surface area (Å²) >= 11 is 0. The minimum atomic E-state index is 0.673. The van der Waals surface area contributed by atoms with Gasteiger partial charge in [0.05, 0.1) is 12.5 Å². The monoisotopic (exact) mass is 210 g/mol. The minimum absolute atomic E-state index is 0.673. The SMILES string of the molecule is C=COC=CC(CC)CCCCCCC. The Morgan fingerprint density at radius 2 is 1.87 bits per heavy atom. The fourth-order valence-electron chi connectivity index (χ4n) is 1.66. The lowest BCUT2D eigenvalue weighted by atomic mass is 9.98. The zero-order chi connectivity index (χ0) is 11.4. The van der Waals surface area contributed by atoms with Gasteiger partial charge in [0.25, 0.3) is 0 Å². The van der Waals surface area contributed by atoms with Crippen LogP contribution in [-0.2, 0) is 4.74 Å². The number of unbranched alkanes of at least 4 members (excludes halogenated alkanes) is 4. The lowest BCUT2D eigenvalue weighted by molar-refractivity contribution is 0.394. The van der Waals surface area contributed by atoms with E-state index in [9.17, 15) is 0 Å². The molecule has 0 aliphatic rings. The third-order valence-electron chi connectivity index (χ3n) is 2.73. The van der Waals surface area contributed by atoms with E-state index in [2.05, 4.69) is 26.5 Å². The smallest absolute Gasteiger partial charge is 0.0864 e. The van der Waals surface area contributed by atoms with Gasteiger partial charge in [-0.3, -0.25) is 0 Å². The second-order valence-electron chi connectivity index (χ2n) is 4.00. The molecule has 0 aromatic carbocycles. The van der Waals surface area contributed by atoms with Gasteiger partial charge in [0, 0.05) is 0 Å². The molecule has 0 aromatic rings. The van der Waals surface area contributed by atoms with Gasteiger partial charge in [0.1, 0.15) is 0 Å². The van der Waals surface area contributed by atoms with E-state index in [4.69, 9.17) is 4.74 Å². The molecule has 0 aliphatic heterocycles. The van der Waals surface area contributed by atoms with Crippen LogP contribution >= 0.6 is 0 Å². The summed E-state index contributed by atoms with van der Waals surface area (Å²) in [5.74, 6) is 0.673. The van der Waals surface area contributed by atoms with Gasteiger partial charge < -0.3 is 4.74 Å². The highest BCUT2D eigenvalue weighted by atomic mass is 16.5. The molecule has 1 unspecified atom stereocenters. The molecule has 0 heterocycles. The molecule has 0 spiro atoms. The standard InChI is InChI=1S/C14H26O/c1-4-7-8-9-10-11-14(5-2)12-13-15-6-3/h6,12-14H,3-5,7-11H2,1-2H3. The summed E-state index contributed by atoms with van der Waals surface area (Å²) in [5, 5.41) is 0. The highest BCUT2D eigenvalue weighted by molar-refractivity contribution is 4.83. The Labute approximate surface area is 95.2 Å². The van der Waals surface area contributed by atoms with Crippen LogP contribution in [0, 0.1) is 5.92 Å². The number of allylic oxidation sites excluding steroid dienone is 1. The molecule has 15 heavy (non-hydrogen) atoms. The second-order valence-corrected chi connectivity index (χ2v) is 4.00. The van der Waals surface area contributed by atoms with Crippen LogP contribution in [0.25, 0.3) is 0 Å². The van der Waals surface area contributed by atoms with Gasteiger partial charge >= 0.3 is 0 Å². The van der Waals surface area contributed by atoms with Gasteiger partial charge in [0.15, 0.2) is 0 Å². The Morgan fingerprint density at radius 1 is 1.13 bits per heavy atom. The van der Waals surface area contributed by atoms with Gasteiger partial charge in [-0.1, -0.05) is 52.5 Å². The Kier molecular flexibility index (Phi) is 10.8. The van der Waals surface area contributed by atoms with E-state index < -0.39 is 0 Å². The van der Waals surface area contributed by atoms with Crippen LogP contribution in [0.2, 0.25) is 0 Å². The van der Waals surface area contributed by atoms with Crippen molar-refractivity contribution in [2.75, 3.05) is 0 Å². The molecular weight excluding hydrogens is 184 g/mol. The molecule has 88 valence electrons. The summed E-state index contributed by atoms with van der Waals surface area (Å²) in [6, 6.07) is 0. The zero-order valence-electron chi connectivity index (χ0n) is 10.4. The van der Waals surface area contributed by atoms with Crippen LogP contribution in [0.5, 0.6) is 0 Å². The van der Waals surface area contributed by atoms with Crippen LogP contribution in [-0.4, -0.2) is 0 Å². The fraction of sp³-hybridized carbons (Fsp3) is 0.714. The highest BCUT2D eigenvalue weighted by Crippen LogP contribution is 2.15. The quantitative estimate of drug-likeness (QED) is 0.362. The molecule has 0 N–H and O–H groups in total. The van der Waals surface area contributed by atoms with Crippen molar-refractivity contribution in [1.29, 1.82) is 0 Å². The van der Waals surface area contributed by atoms with E-state index in [-0.39, 0.29) is 0 Å². The first kappa shape index (κ1) is 14.3. The number of hydrogen-bond donors (Lipinski definition) is 0. The lowest BCUT2D eigenvalue weighted by Gasteiger charge is -2.09. The normalized spacial score (nSPS) is 12.9. The molecule has 1 atom stereocenters. The van der Waals surface area contributed by atoms with E-state index in [0.717, 1.165) is 0 Å². The van der Waals surface area contributed by atoms with Crippen molar-refractivity contribution < 1.29 is 4.74 Å². The van der Waals surface area contributed by atoms with Gasteiger partial charge in [-0.25, -0.2) is 0 Å². The predicted octanol–water partition coefficient (Wildman–Crippen LogP) is 5.05. The molecule has 0 saturated carbocycles. The average molecular weight is 210 g/mol. The van der Waals surface area contributed by atoms with E-state index in [1.54, 1.807) is 6.26 Å². The first-order valence-corrected chi connectivity index (χ1v) is 6.28. The summed E-state index contributed by atoms with van der Waals surface area (Å²) in [4.78, 5) is 0. The molecule has 0 saturated heterocycles. The molecule has 1 nitrogen and oxygen atoms in total. The third kappa shape index (κ3) is 9.58. The molecule has 0 amide bonds. The Balaban J connectivity index is 3.47. The van der Waals surface area contributed by atoms with Crippen molar-refractivity contribution >= 4 is 0 Å². The maximum absolute atomic E-state index is 4.99. The maximum atomic E-state index is 4.99. The Morgan fingerprint density at radius 3 is 2.47 bits per heavy atom. The highest BCUT2D eigenvalue weighted by Gasteiger charge is 2.01. The van der Waals surface area contributed by atoms with Gasteiger partial charge in [0.2, 0.25) is 0 Å². The van der Waals surface area contributed by atoms with E-state index in [1.807, 2.05) is 0 Å². The summed E-state index contributed by atoms with van der Waals surface area (Å²) < 4.78 is 4.99. The Bertz CT molecular complexity index is 161. The van der Waals surface area contributed by atoms with Crippen LogP contribution in [0.4, 0.5) is 0 Å². The van der Waals surface area contributed by atoms with Gasteiger partial charge in [-0.15, -0.1) is 0 Å². The zero-order valence-corrected chi connectivity index (χ0v) is 10.4. The number of rotatable bonds is 10. The average Bonchev–Trinajstić information content (AvgIpc) is 2.26. The first-order chi connectivity index (χ1) is 7.35. The second kappa shape index (κ2) is 11.4. The van der Waals surface area contributed by atoms with Crippen molar-refractivity contribution in [3.05, 3.63) is 25.2 Å². The first-order valence-electron chi connectivity index (χ1n) is 6.28. The van der Waals surface area contributed by atoms with Crippen molar-refractivity contribution in [3.8, 4) is 0 Å². The van der Waals surface area contributed by atoms with Crippen molar-refractivity contribution in [3.63, 3.8) is 0 Å². The summed E-state index contributed by atoms with van der Waals surface area (Å²) in [6.07, 6.45) is 14.7. The topological polar surface area (TPSA) is 9.23 Å². The van der Waals surface area contributed by atoms with Gasteiger partial charge in [-0.05, 0) is 24.8 Å². The van der Waals surface area contributed by atoms with Crippen LogP contribution < -0.4 is 0 Å². The Hall–Kier alpha value is -0.720. The fourth-order valence-corrected chi connectivity index (χ4v) is 1.66. The summed E-state index contributed by atoms with van der Waals surface area (Å²) in [5.41, 5.74) is 0. The van der Waals surface area contributed by atoms with Crippen molar-refractivity contribution in [2.45, 2.75) is 58.8 Å². The van der Waals surface area contributed by atoms with Crippen molar-refractivity contribution in [2.24, 2.45) is 5.92 Å². The molecule has 0 aliphatic carbocycles. The maximum Gasteiger partial charge on any atom is 0.0864 e. The van der Waals surface area contributed by atoms with E-state index in [0.29, 0.717) is 5.92 Å². The van der Waals surface area contributed by atoms with E-state index >= 15 is 0 Å². The van der Waals surface area contributed by atoms with Crippen LogP contribution in [0.15, 0.2) is 25.2 Å². The molecule has 0 bridgehead atoms. The third-order valence-corrected chi connectivity index (χ3v) is 2.73. The molecule has 0 fully saturated rings.